The van der Waals surface area contributed by atoms with Crippen LogP contribution in [0.15, 0.2) is 56.6 Å². The van der Waals surface area contributed by atoms with Crippen molar-refractivity contribution in [2.24, 2.45) is 0 Å². The number of carbonyl (C=O) groups is 1. The van der Waals surface area contributed by atoms with E-state index in [4.69, 9.17) is 8.83 Å². The van der Waals surface area contributed by atoms with Gasteiger partial charge in [0.2, 0.25) is 0 Å². The number of furan rings is 2. The second kappa shape index (κ2) is 9.23. The number of rotatable bonds is 0. The van der Waals surface area contributed by atoms with Gasteiger partial charge in [-0.3, -0.25) is 9.69 Å². The molecule has 4 aliphatic rings. The predicted molar refractivity (Wildman–Crippen MR) is 194 cm³/mol. The third kappa shape index (κ3) is 4.11. The molecule has 6 nitrogen and oxygen atoms in total. The Hall–Kier alpha value is -4.29. The lowest BCUT2D eigenvalue weighted by Gasteiger charge is -2.27. The van der Waals surface area contributed by atoms with E-state index in [1.54, 1.807) is 9.80 Å². The number of benzene rings is 2. The van der Waals surface area contributed by atoms with Crippen LogP contribution in [0.3, 0.4) is 0 Å². The summed E-state index contributed by atoms with van der Waals surface area (Å²) in [5.74, 6) is 1.03. The molecule has 0 saturated heterocycles. The van der Waals surface area contributed by atoms with Crippen LogP contribution >= 0.6 is 0 Å². The van der Waals surface area contributed by atoms with E-state index in [-0.39, 0.29) is 27.6 Å². The minimum atomic E-state index is -1.08. The van der Waals surface area contributed by atoms with Crippen LogP contribution in [0.5, 0.6) is 0 Å². The van der Waals surface area contributed by atoms with E-state index in [0.717, 1.165) is 44.2 Å². The number of aliphatic hydroxyl groups is 1. The molecule has 1 atom stereocenters. The van der Waals surface area contributed by atoms with Crippen molar-refractivity contribution in [1.29, 1.82) is 0 Å². The molecule has 0 aliphatic carbocycles. The van der Waals surface area contributed by atoms with E-state index in [9.17, 15) is 9.90 Å². The Balaban J connectivity index is 1.40. The van der Waals surface area contributed by atoms with Crippen molar-refractivity contribution in [3.8, 4) is 0 Å². The van der Waals surface area contributed by atoms with Crippen LogP contribution < -0.4 is 0 Å². The number of amides is 1. The molecule has 0 saturated carbocycles. The van der Waals surface area contributed by atoms with Crippen LogP contribution in [-0.4, -0.2) is 27.0 Å². The van der Waals surface area contributed by atoms with Crippen molar-refractivity contribution >= 4 is 51.4 Å². The van der Waals surface area contributed by atoms with Gasteiger partial charge in [0.1, 0.15) is 22.6 Å². The molecule has 0 radical (unpaired) electrons. The van der Waals surface area contributed by atoms with E-state index in [1.807, 2.05) is 24.6 Å². The second-order valence-electron chi connectivity index (χ2n) is 18.1. The Morgan fingerprint density at radius 1 is 0.625 bits per heavy atom. The Kier molecular flexibility index (Phi) is 5.96. The van der Waals surface area contributed by atoms with Crippen LogP contribution in [0.1, 0.15) is 128 Å². The van der Waals surface area contributed by atoms with Crippen LogP contribution in [0.25, 0.3) is 45.5 Å². The number of nitrogens with zero attached hydrogens (tertiary/aromatic N) is 2. The smallest absolute Gasteiger partial charge is 0.265 e. The van der Waals surface area contributed by atoms with Crippen molar-refractivity contribution in [3.63, 3.8) is 0 Å². The number of carbonyl (C=O) groups excluding carboxylic acids is 1. The highest BCUT2D eigenvalue weighted by Crippen LogP contribution is 2.55. The lowest BCUT2D eigenvalue weighted by Crippen LogP contribution is -2.29. The summed E-state index contributed by atoms with van der Waals surface area (Å²) in [7, 11) is 0. The molecular weight excluding hydrogens is 596 g/mol. The standard InChI is InChI=1S/C42H46N2O4/c1-39(2,3)21-17-25-23-13-15-43-31(35(23)47-33(25)27(19-21)41(7,8)9)29-30(38(43)46)32-36-24(14-16-44(32)37(29)45)26-18-22(40(4,5)6)20-28(34(26)48-36)42(10,11)12/h13-20,37,45H,1-12H3. The summed E-state index contributed by atoms with van der Waals surface area (Å²) in [6, 6.07) is 8.98. The van der Waals surface area contributed by atoms with Crippen LogP contribution in [0.4, 0.5) is 0 Å². The molecule has 6 heterocycles. The van der Waals surface area contributed by atoms with Gasteiger partial charge in [0, 0.05) is 51.0 Å². The van der Waals surface area contributed by atoms with Gasteiger partial charge in [-0.05, 0) is 57.1 Å². The average Bonchev–Trinajstić information content (AvgIpc) is 3.68. The second-order valence-corrected chi connectivity index (χ2v) is 18.1. The summed E-state index contributed by atoms with van der Waals surface area (Å²) in [5.41, 5.74) is 9.96. The number of aliphatic hydroxyl groups excluding tert-OH is 1. The van der Waals surface area contributed by atoms with Gasteiger partial charge >= 0.3 is 0 Å². The van der Waals surface area contributed by atoms with E-state index in [1.165, 1.54) is 11.1 Å². The van der Waals surface area contributed by atoms with Crippen molar-refractivity contribution in [1.82, 2.24) is 9.80 Å². The zero-order valence-corrected chi connectivity index (χ0v) is 30.3. The van der Waals surface area contributed by atoms with Gasteiger partial charge in [0.15, 0.2) is 17.7 Å². The third-order valence-corrected chi connectivity index (χ3v) is 10.4. The van der Waals surface area contributed by atoms with Gasteiger partial charge in [-0.1, -0.05) is 95.2 Å². The largest absolute Gasteiger partial charge is 0.454 e. The maximum Gasteiger partial charge on any atom is 0.265 e. The first-order chi connectivity index (χ1) is 22.2. The molecular formula is C42H46N2O4. The van der Waals surface area contributed by atoms with Crippen LogP contribution in [-0.2, 0) is 26.5 Å². The summed E-state index contributed by atoms with van der Waals surface area (Å²) in [6.45, 7) is 26.6. The van der Waals surface area contributed by atoms with E-state index >= 15 is 0 Å². The van der Waals surface area contributed by atoms with Gasteiger partial charge in [0.25, 0.3) is 5.91 Å². The van der Waals surface area contributed by atoms with E-state index < -0.39 is 6.23 Å². The van der Waals surface area contributed by atoms with Crippen molar-refractivity contribution in [2.75, 3.05) is 0 Å². The summed E-state index contributed by atoms with van der Waals surface area (Å²) in [4.78, 5) is 17.8. The highest BCUT2D eigenvalue weighted by atomic mass is 16.3. The maximum absolute atomic E-state index is 14.4. The fraction of sp³-hybridized carbons (Fsp3) is 0.405. The average molecular weight is 643 g/mol. The lowest BCUT2D eigenvalue weighted by molar-refractivity contribution is -0.121. The first-order valence-corrected chi connectivity index (χ1v) is 17.1. The Morgan fingerprint density at radius 3 is 1.54 bits per heavy atom. The predicted octanol–water partition coefficient (Wildman–Crippen LogP) is 9.94. The summed E-state index contributed by atoms with van der Waals surface area (Å²) in [5, 5.41) is 14.1. The summed E-state index contributed by atoms with van der Waals surface area (Å²) < 4.78 is 13.6. The van der Waals surface area contributed by atoms with Crippen LogP contribution in [0, 0.1) is 0 Å². The van der Waals surface area contributed by atoms with Gasteiger partial charge < -0.3 is 18.8 Å². The molecule has 4 aromatic rings. The molecule has 8 rings (SSSR count). The van der Waals surface area contributed by atoms with E-state index in [0.29, 0.717) is 34.1 Å². The third-order valence-electron chi connectivity index (χ3n) is 10.4. The van der Waals surface area contributed by atoms with Crippen molar-refractivity contribution < 1.29 is 18.7 Å². The Labute approximate surface area is 283 Å². The molecule has 1 amide bonds. The molecule has 0 spiro atoms. The van der Waals surface area contributed by atoms with Crippen molar-refractivity contribution in [2.45, 2.75) is 111 Å². The Morgan fingerprint density at radius 2 is 1.08 bits per heavy atom. The molecule has 1 unspecified atom stereocenters. The minimum absolute atomic E-state index is 0.0622. The molecule has 4 aliphatic heterocycles. The topological polar surface area (TPSA) is 70.1 Å². The molecule has 2 aromatic heterocycles. The minimum Gasteiger partial charge on any atom is -0.454 e. The van der Waals surface area contributed by atoms with Gasteiger partial charge in [-0.15, -0.1) is 0 Å². The quantitative estimate of drug-likeness (QED) is 0.207. The molecule has 248 valence electrons. The fourth-order valence-electron chi connectivity index (χ4n) is 7.62. The SMILES string of the molecule is CC(C)(C)c1cc(C(C)(C)C)c2oc3c(c2c1)C=CN1C(=O)C2=C4c5oc6c(C(C)(C)C)cc(C(C)(C)C)cc6c5C=CN4C(O)C2=C31. The van der Waals surface area contributed by atoms with Crippen molar-refractivity contribution in [3.05, 3.63) is 92.7 Å². The zero-order chi connectivity index (χ0) is 34.6. The van der Waals surface area contributed by atoms with Gasteiger partial charge in [-0.2, -0.15) is 0 Å². The van der Waals surface area contributed by atoms with Gasteiger partial charge in [0.05, 0.1) is 5.57 Å². The molecule has 0 fully saturated rings. The normalized spacial score (nSPS) is 19.2. The Bertz CT molecular complexity index is 2250. The summed E-state index contributed by atoms with van der Waals surface area (Å²) in [6.07, 6.45) is 6.63. The first-order valence-electron chi connectivity index (χ1n) is 17.1. The molecule has 6 heteroatoms. The number of fused-ring (bicyclic) bond motifs is 11. The molecule has 48 heavy (non-hydrogen) atoms. The van der Waals surface area contributed by atoms with Gasteiger partial charge in [-0.25, -0.2) is 0 Å². The molecule has 1 N–H and O–H groups in total. The monoisotopic (exact) mass is 642 g/mol. The fourth-order valence-corrected chi connectivity index (χ4v) is 7.62. The molecule has 2 aromatic carbocycles. The zero-order valence-electron chi connectivity index (χ0n) is 30.3. The van der Waals surface area contributed by atoms with E-state index in [2.05, 4.69) is 107 Å². The molecule has 0 bridgehead atoms. The number of hydrogen-bond donors (Lipinski definition) is 1. The first kappa shape index (κ1) is 31.0. The summed E-state index contributed by atoms with van der Waals surface area (Å²) >= 11 is 0. The van der Waals surface area contributed by atoms with Crippen LogP contribution in [0.2, 0.25) is 0 Å². The number of hydrogen-bond acceptors (Lipinski definition) is 5. The lowest BCUT2D eigenvalue weighted by atomic mass is 9.79. The highest BCUT2D eigenvalue weighted by molar-refractivity contribution is 6.19. The highest BCUT2D eigenvalue weighted by Gasteiger charge is 2.52. The maximum atomic E-state index is 14.4.